The molecule has 0 unspecified atom stereocenters. The van der Waals surface area contributed by atoms with Crippen molar-refractivity contribution in [3.05, 3.63) is 58.9 Å². The average Bonchev–Trinajstić information content (AvgIpc) is 3.22. The average molecular weight is 592 g/mol. The zero-order valence-electron chi connectivity index (χ0n) is 25.0. The monoisotopic (exact) mass is 591 g/mol. The first-order chi connectivity index (χ1) is 19.9. The Labute approximate surface area is 251 Å². The topological polar surface area (TPSA) is 81.8 Å². The molecule has 2 aliphatic heterocycles. The van der Waals surface area contributed by atoms with Crippen molar-refractivity contribution in [2.75, 3.05) is 56.6 Å². The number of hydrogen-bond acceptors (Lipinski definition) is 7. The third-order valence-corrected chi connectivity index (χ3v) is 9.66. The van der Waals surface area contributed by atoms with Crippen LogP contribution in [0.1, 0.15) is 35.6 Å². The van der Waals surface area contributed by atoms with E-state index in [4.69, 9.17) is 27.3 Å². The highest BCUT2D eigenvalue weighted by molar-refractivity contribution is 6.24. The number of halogens is 2. The standard InChI is InChI=1S/C32H39ClFN7O/c1-7-24(42)41-13-12-39(15-20(41)4)30-23-14-19(3)26(25-18(2)8-9-21-10-11-32(33,35)27(21)25)28(34)29(23)36-31(37-30)40-16-22(17-40)38(5)6/h7-9,14,20,22H,1,10-13,15-17,35H2,2-6H3/t20-,32-/m1/s1. The van der Waals surface area contributed by atoms with E-state index in [1.165, 1.54) is 6.08 Å². The second-order valence-corrected chi connectivity index (χ2v) is 13.0. The quantitative estimate of drug-likeness (QED) is 0.269. The first kappa shape index (κ1) is 28.8. The van der Waals surface area contributed by atoms with Gasteiger partial charge in [0.05, 0.1) is 0 Å². The lowest BCUT2D eigenvalue weighted by Gasteiger charge is -2.43. The van der Waals surface area contributed by atoms with E-state index in [0.29, 0.717) is 54.8 Å². The highest BCUT2D eigenvalue weighted by Gasteiger charge is 2.38. The summed E-state index contributed by atoms with van der Waals surface area (Å²) in [6.45, 7) is 12.8. The second-order valence-electron chi connectivity index (χ2n) is 12.3. The van der Waals surface area contributed by atoms with Gasteiger partial charge in [0.1, 0.15) is 16.3 Å². The molecule has 6 rings (SSSR count). The largest absolute Gasteiger partial charge is 0.352 e. The third kappa shape index (κ3) is 4.62. The minimum Gasteiger partial charge on any atom is -0.352 e. The molecule has 1 aliphatic carbocycles. The van der Waals surface area contributed by atoms with E-state index in [0.717, 1.165) is 47.3 Å². The molecule has 2 saturated heterocycles. The lowest BCUT2D eigenvalue weighted by molar-refractivity contribution is -0.128. The van der Waals surface area contributed by atoms with E-state index in [1.54, 1.807) is 0 Å². The molecule has 8 nitrogen and oxygen atoms in total. The van der Waals surface area contributed by atoms with E-state index >= 15 is 4.39 Å². The first-order valence-electron chi connectivity index (χ1n) is 14.6. The minimum absolute atomic E-state index is 0.0546. The Morgan fingerprint density at radius 2 is 1.88 bits per heavy atom. The van der Waals surface area contributed by atoms with Crippen molar-refractivity contribution < 1.29 is 9.18 Å². The highest BCUT2D eigenvalue weighted by atomic mass is 35.5. The Hall–Kier alpha value is -3.27. The lowest BCUT2D eigenvalue weighted by Crippen LogP contribution is -2.58. The summed E-state index contributed by atoms with van der Waals surface area (Å²) in [6.07, 6.45) is 2.72. The molecule has 2 aromatic carbocycles. The Kier molecular flexibility index (Phi) is 7.19. The fraction of sp³-hybridized carbons (Fsp3) is 0.469. The fourth-order valence-electron chi connectivity index (χ4n) is 6.75. The van der Waals surface area contributed by atoms with Crippen molar-refractivity contribution in [3.8, 4) is 11.1 Å². The number of hydrogen-bond donors (Lipinski definition) is 1. The molecule has 2 N–H and O–H groups in total. The molecule has 0 saturated carbocycles. The molecule has 10 heteroatoms. The number of piperazine rings is 1. The van der Waals surface area contributed by atoms with Crippen LogP contribution in [0, 0.1) is 19.7 Å². The summed E-state index contributed by atoms with van der Waals surface area (Å²) in [4.78, 5) is 29.5. The molecule has 3 aromatic rings. The molecule has 1 aromatic heterocycles. The number of benzene rings is 2. The van der Waals surface area contributed by atoms with Crippen molar-refractivity contribution in [2.24, 2.45) is 5.73 Å². The van der Waals surface area contributed by atoms with Crippen LogP contribution < -0.4 is 15.5 Å². The molecule has 0 bridgehead atoms. The Morgan fingerprint density at radius 3 is 2.55 bits per heavy atom. The van der Waals surface area contributed by atoms with Crippen molar-refractivity contribution >= 4 is 40.2 Å². The van der Waals surface area contributed by atoms with Crippen LogP contribution in [0.4, 0.5) is 16.2 Å². The number of fused-ring (bicyclic) bond motifs is 2. The number of likely N-dealkylation sites (N-methyl/N-ethyl adjacent to an activating group) is 1. The molecular formula is C32H39ClFN7O. The molecule has 2 atom stereocenters. The number of alkyl halides is 1. The minimum atomic E-state index is -1.05. The van der Waals surface area contributed by atoms with Gasteiger partial charge in [0.15, 0.2) is 5.82 Å². The Bertz CT molecular complexity index is 1600. The van der Waals surface area contributed by atoms with Crippen LogP contribution in [-0.2, 0) is 16.2 Å². The summed E-state index contributed by atoms with van der Waals surface area (Å²) >= 11 is 6.84. The van der Waals surface area contributed by atoms with Crippen LogP contribution >= 0.6 is 11.6 Å². The Balaban J connectivity index is 1.52. The zero-order valence-corrected chi connectivity index (χ0v) is 25.8. The fourth-order valence-corrected chi connectivity index (χ4v) is 7.06. The molecular weight excluding hydrogens is 553 g/mol. The normalized spacial score (nSPS) is 22.6. The van der Waals surface area contributed by atoms with Crippen LogP contribution in [0.5, 0.6) is 0 Å². The number of amides is 1. The molecule has 2 fully saturated rings. The van der Waals surface area contributed by atoms with Gasteiger partial charge in [-0.25, -0.2) is 9.37 Å². The summed E-state index contributed by atoms with van der Waals surface area (Å²) < 4.78 is 17.0. The Morgan fingerprint density at radius 1 is 1.14 bits per heavy atom. The SMILES string of the molecule is C=CC(=O)N1CCN(c2nc(N3CC(N(C)C)C3)nc3c(F)c(-c4c(C)ccc5c4[C@@](N)(Cl)CC5)c(C)cc23)C[C@H]1C. The van der Waals surface area contributed by atoms with Gasteiger partial charge in [0.2, 0.25) is 11.9 Å². The van der Waals surface area contributed by atoms with Gasteiger partial charge < -0.3 is 25.3 Å². The zero-order chi connectivity index (χ0) is 30.1. The van der Waals surface area contributed by atoms with Crippen LogP contribution in [0.15, 0.2) is 30.9 Å². The molecule has 1 amide bonds. The van der Waals surface area contributed by atoms with Crippen LogP contribution in [-0.4, -0.2) is 84.6 Å². The van der Waals surface area contributed by atoms with Gasteiger partial charge in [0, 0.05) is 55.8 Å². The van der Waals surface area contributed by atoms with E-state index in [9.17, 15) is 4.79 Å². The highest BCUT2D eigenvalue weighted by Crippen LogP contribution is 2.47. The number of nitrogens with two attached hydrogens (primary N) is 1. The third-order valence-electron chi connectivity index (χ3n) is 9.28. The van der Waals surface area contributed by atoms with Gasteiger partial charge in [0.25, 0.3) is 0 Å². The molecule has 222 valence electrons. The van der Waals surface area contributed by atoms with Crippen molar-refractivity contribution in [1.29, 1.82) is 0 Å². The van der Waals surface area contributed by atoms with Crippen LogP contribution in [0.2, 0.25) is 0 Å². The van der Waals surface area contributed by atoms with Crippen molar-refractivity contribution in [2.45, 2.75) is 50.7 Å². The number of carbonyl (C=O) groups excluding carboxylic acids is 1. The number of aryl methyl sites for hydroxylation is 3. The predicted molar refractivity (Wildman–Crippen MR) is 168 cm³/mol. The maximum Gasteiger partial charge on any atom is 0.246 e. The van der Waals surface area contributed by atoms with E-state index in [-0.39, 0.29) is 23.3 Å². The molecule has 0 radical (unpaired) electrons. The van der Waals surface area contributed by atoms with Gasteiger partial charge in [-0.3, -0.25) is 4.79 Å². The van der Waals surface area contributed by atoms with Gasteiger partial charge in [-0.15, -0.1) is 0 Å². The van der Waals surface area contributed by atoms with Crippen LogP contribution in [0.25, 0.3) is 22.0 Å². The van der Waals surface area contributed by atoms with Gasteiger partial charge in [-0.05, 0) is 87.7 Å². The predicted octanol–water partition coefficient (Wildman–Crippen LogP) is 4.32. The molecule has 3 aliphatic rings. The summed E-state index contributed by atoms with van der Waals surface area (Å²) in [7, 11) is 4.12. The summed E-state index contributed by atoms with van der Waals surface area (Å²) in [5.74, 6) is 0.735. The summed E-state index contributed by atoms with van der Waals surface area (Å²) in [5, 5.41) is 0.660. The van der Waals surface area contributed by atoms with Crippen LogP contribution in [0.3, 0.4) is 0 Å². The number of anilines is 2. The number of nitrogens with zero attached hydrogens (tertiary/aromatic N) is 6. The van der Waals surface area contributed by atoms with Gasteiger partial charge >= 0.3 is 0 Å². The van der Waals surface area contributed by atoms with E-state index < -0.39 is 5.00 Å². The second kappa shape index (κ2) is 10.5. The summed E-state index contributed by atoms with van der Waals surface area (Å²) in [5.41, 5.74) is 11.7. The van der Waals surface area contributed by atoms with Crippen molar-refractivity contribution in [3.63, 3.8) is 0 Å². The van der Waals surface area contributed by atoms with Gasteiger partial charge in [-0.1, -0.05) is 30.3 Å². The molecule has 3 heterocycles. The van der Waals surface area contributed by atoms with E-state index in [2.05, 4.69) is 41.4 Å². The number of carbonyl (C=O) groups is 1. The molecule has 42 heavy (non-hydrogen) atoms. The van der Waals surface area contributed by atoms with Gasteiger partial charge in [-0.2, -0.15) is 4.98 Å². The maximum atomic E-state index is 17.0. The summed E-state index contributed by atoms with van der Waals surface area (Å²) in [6, 6.07) is 6.41. The van der Waals surface area contributed by atoms with E-state index in [1.807, 2.05) is 37.8 Å². The first-order valence-corrected chi connectivity index (χ1v) is 15.0. The maximum absolute atomic E-state index is 17.0. The lowest BCUT2D eigenvalue weighted by atomic mass is 9.87. The van der Waals surface area contributed by atoms with Crippen molar-refractivity contribution in [1.82, 2.24) is 19.8 Å². The molecule has 0 spiro atoms. The number of aromatic nitrogens is 2. The number of rotatable bonds is 5. The smallest absolute Gasteiger partial charge is 0.246 e.